The average molecular weight is 316 g/mol. The number of hydrogen-bond donors (Lipinski definition) is 1. The second-order valence-corrected chi connectivity index (χ2v) is 5.36. The Bertz CT molecular complexity index is 682. The molecule has 7 heteroatoms. The average Bonchev–Trinajstić information content (AvgIpc) is 3.07. The van der Waals surface area contributed by atoms with Crippen LogP contribution in [0.1, 0.15) is 29.2 Å². The molecule has 0 unspecified atom stereocenters. The van der Waals surface area contributed by atoms with Crippen LogP contribution in [0.2, 0.25) is 0 Å². The molecule has 122 valence electrons. The second kappa shape index (κ2) is 6.95. The van der Waals surface area contributed by atoms with Crippen molar-refractivity contribution in [1.82, 2.24) is 14.8 Å². The maximum absolute atomic E-state index is 12.3. The van der Waals surface area contributed by atoms with E-state index in [1.807, 2.05) is 13.0 Å². The number of rotatable bonds is 4. The van der Waals surface area contributed by atoms with Gasteiger partial charge in [0.2, 0.25) is 0 Å². The summed E-state index contributed by atoms with van der Waals surface area (Å²) < 4.78 is 5.31. The smallest absolute Gasteiger partial charge is 0.322 e. The number of urea groups is 1. The number of pyridine rings is 1. The standard InChI is InChI=1S/C16H20N4O3/c1-11(14-6-5-9-23-14)20(4)16(22)18-12-7-8-17-13(10-12)15(21)19(2)3/h5-11H,1-4H3,(H,17,18,22)/t11-/m1/s1. The van der Waals surface area contributed by atoms with E-state index in [1.165, 1.54) is 16.0 Å². The van der Waals surface area contributed by atoms with Gasteiger partial charge in [0, 0.05) is 33.0 Å². The number of nitrogens with zero attached hydrogens (tertiary/aromatic N) is 3. The van der Waals surface area contributed by atoms with Gasteiger partial charge in [-0.2, -0.15) is 0 Å². The molecular weight excluding hydrogens is 296 g/mol. The SMILES string of the molecule is C[C@H](c1ccco1)N(C)C(=O)Nc1ccnc(C(=O)N(C)C)c1. The lowest BCUT2D eigenvalue weighted by Crippen LogP contribution is -2.33. The van der Waals surface area contributed by atoms with E-state index in [9.17, 15) is 9.59 Å². The molecule has 7 nitrogen and oxygen atoms in total. The zero-order valence-corrected chi connectivity index (χ0v) is 13.6. The first-order valence-corrected chi connectivity index (χ1v) is 7.15. The van der Waals surface area contributed by atoms with Gasteiger partial charge in [-0.1, -0.05) is 0 Å². The Morgan fingerprint density at radius 2 is 2.00 bits per heavy atom. The quantitative estimate of drug-likeness (QED) is 0.940. The zero-order chi connectivity index (χ0) is 17.0. The fourth-order valence-electron chi connectivity index (χ4n) is 1.96. The molecule has 0 saturated carbocycles. The van der Waals surface area contributed by atoms with Gasteiger partial charge >= 0.3 is 6.03 Å². The van der Waals surface area contributed by atoms with Crippen molar-refractivity contribution in [2.75, 3.05) is 26.5 Å². The van der Waals surface area contributed by atoms with Crippen molar-refractivity contribution in [1.29, 1.82) is 0 Å². The molecule has 0 bridgehead atoms. The summed E-state index contributed by atoms with van der Waals surface area (Å²) in [5.41, 5.74) is 0.781. The van der Waals surface area contributed by atoms with Crippen LogP contribution in [0.3, 0.4) is 0 Å². The van der Waals surface area contributed by atoms with Gasteiger partial charge in [-0.05, 0) is 31.2 Å². The third kappa shape index (κ3) is 3.88. The number of hydrogen-bond acceptors (Lipinski definition) is 4. The first kappa shape index (κ1) is 16.5. The van der Waals surface area contributed by atoms with E-state index in [2.05, 4.69) is 10.3 Å². The molecule has 0 aliphatic heterocycles. The van der Waals surface area contributed by atoms with Crippen LogP contribution in [-0.4, -0.2) is 47.9 Å². The van der Waals surface area contributed by atoms with Gasteiger partial charge in [0.25, 0.3) is 5.91 Å². The molecule has 0 radical (unpaired) electrons. The van der Waals surface area contributed by atoms with Crippen molar-refractivity contribution in [2.45, 2.75) is 13.0 Å². The number of aromatic nitrogens is 1. The Morgan fingerprint density at radius 1 is 1.26 bits per heavy atom. The summed E-state index contributed by atoms with van der Waals surface area (Å²) in [6, 6.07) is 6.26. The van der Waals surface area contributed by atoms with Crippen molar-refractivity contribution in [3.8, 4) is 0 Å². The number of anilines is 1. The molecule has 2 aromatic rings. The summed E-state index contributed by atoms with van der Waals surface area (Å²) in [5, 5.41) is 2.75. The van der Waals surface area contributed by atoms with Gasteiger partial charge in [0.05, 0.1) is 12.3 Å². The summed E-state index contributed by atoms with van der Waals surface area (Å²) in [4.78, 5) is 31.2. The molecule has 0 saturated heterocycles. The Balaban J connectivity index is 2.08. The first-order valence-electron chi connectivity index (χ1n) is 7.15. The van der Waals surface area contributed by atoms with Crippen molar-refractivity contribution in [3.05, 3.63) is 48.2 Å². The van der Waals surface area contributed by atoms with E-state index >= 15 is 0 Å². The molecule has 2 heterocycles. The van der Waals surface area contributed by atoms with E-state index in [-0.39, 0.29) is 23.7 Å². The molecule has 0 aliphatic carbocycles. The molecule has 1 N–H and O–H groups in total. The molecule has 0 spiro atoms. The molecule has 2 aromatic heterocycles. The van der Waals surface area contributed by atoms with Crippen LogP contribution >= 0.6 is 0 Å². The Morgan fingerprint density at radius 3 is 2.61 bits per heavy atom. The molecule has 2 rings (SSSR count). The third-order valence-electron chi connectivity index (χ3n) is 3.49. The van der Waals surface area contributed by atoms with Crippen LogP contribution in [0.15, 0.2) is 41.1 Å². The zero-order valence-electron chi connectivity index (χ0n) is 13.6. The fraction of sp³-hybridized carbons (Fsp3) is 0.312. The monoisotopic (exact) mass is 316 g/mol. The van der Waals surface area contributed by atoms with E-state index in [1.54, 1.807) is 45.6 Å². The van der Waals surface area contributed by atoms with E-state index in [0.29, 0.717) is 11.4 Å². The van der Waals surface area contributed by atoms with Crippen LogP contribution in [-0.2, 0) is 0 Å². The molecular formula is C16H20N4O3. The van der Waals surface area contributed by atoms with Gasteiger partial charge in [-0.15, -0.1) is 0 Å². The van der Waals surface area contributed by atoms with Gasteiger partial charge in [-0.25, -0.2) is 4.79 Å². The van der Waals surface area contributed by atoms with E-state index in [0.717, 1.165) is 0 Å². The Labute approximate surface area is 134 Å². The van der Waals surface area contributed by atoms with Crippen LogP contribution in [0.4, 0.5) is 10.5 Å². The Hall–Kier alpha value is -2.83. The van der Waals surface area contributed by atoms with Gasteiger partial charge in [0.15, 0.2) is 0 Å². The highest BCUT2D eigenvalue weighted by atomic mass is 16.3. The van der Waals surface area contributed by atoms with E-state index in [4.69, 9.17) is 4.42 Å². The first-order chi connectivity index (χ1) is 10.9. The lowest BCUT2D eigenvalue weighted by atomic mass is 10.2. The minimum absolute atomic E-state index is 0.213. The van der Waals surface area contributed by atoms with Crippen molar-refractivity contribution in [2.24, 2.45) is 0 Å². The molecule has 3 amide bonds. The van der Waals surface area contributed by atoms with Crippen LogP contribution in [0.5, 0.6) is 0 Å². The maximum Gasteiger partial charge on any atom is 0.322 e. The maximum atomic E-state index is 12.3. The minimum atomic E-state index is -0.302. The third-order valence-corrected chi connectivity index (χ3v) is 3.49. The summed E-state index contributed by atoms with van der Waals surface area (Å²) in [5.74, 6) is 0.472. The summed E-state index contributed by atoms with van der Waals surface area (Å²) in [6.45, 7) is 1.87. The number of amides is 3. The van der Waals surface area contributed by atoms with Gasteiger partial charge in [0.1, 0.15) is 11.5 Å². The van der Waals surface area contributed by atoms with Gasteiger partial charge in [-0.3, -0.25) is 9.78 Å². The van der Waals surface area contributed by atoms with Crippen molar-refractivity contribution in [3.63, 3.8) is 0 Å². The van der Waals surface area contributed by atoms with Crippen LogP contribution in [0.25, 0.3) is 0 Å². The minimum Gasteiger partial charge on any atom is -0.467 e. The van der Waals surface area contributed by atoms with Crippen molar-refractivity contribution < 1.29 is 14.0 Å². The largest absolute Gasteiger partial charge is 0.467 e. The van der Waals surface area contributed by atoms with Crippen molar-refractivity contribution >= 4 is 17.6 Å². The predicted octanol–water partition coefficient (Wildman–Crippen LogP) is 2.60. The van der Waals surface area contributed by atoms with Gasteiger partial charge < -0.3 is 19.5 Å². The highest BCUT2D eigenvalue weighted by molar-refractivity contribution is 5.95. The lowest BCUT2D eigenvalue weighted by Gasteiger charge is -2.23. The molecule has 0 fully saturated rings. The normalized spacial score (nSPS) is 11.7. The highest BCUT2D eigenvalue weighted by Crippen LogP contribution is 2.20. The summed E-state index contributed by atoms with van der Waals surface area (Å²) in [6.07, 6.45) is 3.06. The Kier molecular flexibility index (Phi) is 5.00. The molecule has 0 aromatic carbocycles. The molecule has 0 aliphatic rings. The fourth-order valence-corrected chi connectivity index (χ4v) is 1.96. The molecule has 23 heavy (non-hydrogen) atoms. The van der Waals surface area contributed by atoms with Crippen LogP contribution < -0.4 is 5.32 Å². The number of nitrogens with one attached hydrogen (secondary N) is 1. The van der Waals surface area contributed by atoms with Crippen LogP contribution in [0, 0.1) is 0 Å². The van der Waals surface area contributed by atoms with E-state index < -0.39 is 0 Å². The summed E-state index contributed by atoms with van der Waals surface area (Å²) >= 11 is 0. The highest BCUT2D eigenvalue weighted by Gasteiger charge is 2.20. The predicted molar refractivity (Wildman–Crippen MR) is 86.2 cm³/mol. The lowest BCUT2D eigenvalue weighted by molar-refractivity contribution is 0.0822. The molecule has 1 atom stereocenters. The summed E-state index contributed by atoms with van der Waals surface area (Å²) in [7, 11) is 4.97. The number of carbonyl (C=O) groups is 2. The second-order valence-electron chi connectivity index (χ2n) is 5.36. The number of furan rings is 1. The number of carbonyl (C=O) groups excluding carboxylic acids is 2. The topological polar surface area (TPSA) is 78.7 Å².